The third-order valence-electron chi connectivity index (χ3n) is 2.70. The molecule has 0 amide bonds. The van der Waals surface area contributed by atoms with Gasteiger partial charge in [-0.15, -0.1) is 0 Å². The Morgan fingerprint density at radius 2 is 1.94 bits per heavy atom. The lowest BCUT2D eigenvalue weighted by atomic mass is 10.2. The largest absolute Gasteiger partial charge is 0.398 e. The number of rotatable bonds is 1. The zero-order valence-electron chi connectivity index (χ0n) is 9.41. The third-order valence-corrected chi connectivity index (χ3v) is 2.70. The number of imidazole rings is 1. The number of aromatic nitrogens is 3. The van der Waals surface area contributed by atoms with Crippen LogP contribution in [0.4, 0.5) is 5.69 Å². The maximum absolute atomic E-state index is 9.10. The van der Waals surface area contributed by atoms with Crippen molar-refractivity contribution in [1.29, 1.82) is 5.26 Å². The van der Waals surface area contributed by atoms with Gasteiger partial charge in [0.25, 0.3) is 0 Å². The van der Waals surface area contributed by atoms with E-state index in [4.69, 9.17) is 11.0 Å². The second-order valence-corrected chi connectivity index (χ2v) is 3.85. The molecule has 0 aliphatic carbocycles. The standard InChI is InChI=1S/C13H9N5/c14-7-11-12-2-1-10(15)8-18(12)13(17-11)9-3-5-16-6-4-9/h1-6,8H,15H2. The maximum Gasteiger partial charge on any atom is 0.166 e. The Kier molecular flexibility index (Phi) is 2.21. The van der Waals surface area contributed by atoms with Gasteiger partial charge < -0.3 is 5.73 Å². The van der Waals surface area contributed by atoms with Crippen molar-refractivity contribution in [2.45, 2.75) is 0 Å². The number of nitrogens with two attached hydrogens (primary N) is 1. The van der Waals surface area contributed by atoms with Crippen molar-refractivity contribution < 1.29 is 0 Å². The molecule has 0 aliphatic rings. The number of nitrogen functional groups attached to an aromatic ring is 1. The van der Waals surface area contributed by atoms with E-state index in [1.54, 1.807) is 30.7 Å². The van der Waals surface area contributed by atoms with E-state index in [1.807, 2.05) is 16.5 Å². The van der Waals surface area contributed by atoms with Gasteiger partial charge in [0, 0.05) is 29.8 Å². The monoisotopic (exact) mass is 235 g/mol. The van der Waals surface area contributed by atoms with Crippen LogP contribution in [-0.2, 0) is 0 Å². The SMILES string of the molecule is N#Cc1nc(-c2ccncc2)n2cc(N)ccc12. The summed E-state index contributed by atoms with van der Waals surface area (Å²) in [5.74, 6) is 0.691. The van der Waals surface area contributed by atoms with E-state index in [0.29, 0.717) is 17.2 Å². The van der Waals surface area contributed by atoms with E-state index < -0.39 is 0 Å². The Balaban J connectivity index is 2.37. The molecule has 0 fully saturated rings. The number of hydrogen-bond donors (Lipinski definition) is 1. The molecule has 0 saturated carbocycles. The zero-order chi connectivity index (χ0) is 12.5. The second kappa shape index (κ2) is 3.86. The first-order chi connectivity index (χ1) is 8.79. The molecule has 3 rings (SSSR count). The zero-order valence-corrected chi connectivity index (χ0v) is 9.41. The quantitative estimate of drug-likeness (QED) is 0.698. The van der Waals surface area contributed by atoms with Crippen molar-refractivity contribution in [3.8, 4) is 17.5 Å². The van der Waals surface area contributed by atoms with E-state index in [0.717, 1.165) is 11.1 Å². The molecular formula is C13H9N5. The van der Waals surface area contributed by atoms with Crippen molar-refractivity contribution in [2.75, 3.05) is 5.73 Å². The fourth-order valence-corrected chi connectivity index (χ4v) is 1.89. The van der Waals surface area contributed by atoms with Gasteiger partial charge in [0.15, 0.2) is 5.69 Å². The molecule has 0 aliphatic heterocycles. The Bertz CT molecular complexity index is 752. The lowest BCUT2D eigenvalue weighted by molar-refractivity contribution is 1.16. The van der Waals surface area contributed by atoms with Gasteiger partial charge >= 0.3 is 0 Å². The van der Waals surface area contributed by atoms with Gasteiger partial charge in [0.2, 0.25) is 0 Å². The van der Waals surface area contributed by atoms with Crippen LogP contribution in [0.25, 0.3) is 16.9 Å². The minimum atomic E-state index is 0.391. The molecule has 3 aromatic heterocycles. The first kappa shape index (κ1) is 10.3. The number of anilines is 1. The summed E-state index contributed by atoms with van der Waals surface area (Å²) in [5, 5.41) is 9.10. The van der Waals surface area contributed by atoms with Crippen LogP contribution in [0, 0.1) is 11.3 Å². The maximum atomic E-state index is 9.10. The van der Waals surface area contributed by atoms with Crippen molar-refractivity contribution in [2.24, 2.45) is 0 Å². The average Bonchev–Trinajstić information content (AvgIpc) is 2.77. The van der Waals surface area contributed by atoms with Crippen LogP contribution >= 0.6 is 0 Å². The molecule has 0 aromatic carbocycles. The van der Waals surface area contributed by atoms with Gasteiger partial charge in [-0.2, -0.15) is 5.26 Å². The summed E-state index contributed by atoms with van der Waals surface area (Å²) in [7, 11) is 0. The van der Waals surface area contributed by atoms with Crippen molar-refractivity contribution in [3.05, 3.63) is 48.5 Å². The number of nitriles is 1. The number of nitrogens with zero attached hydrogens (tertiary/aromatic N) is 4. The number of fused-ring (bicyclic) bond motifs is 1. The summed E-state index contributed by atoms with van der Waals surface area (Å²) in [6, 6.07) is 9.34. The molecule has 5 heteroatoms. The molecule has 0 radical (unpaired) electrons. The van der Waals surface area contributed by atoms with Crippen LogP contribution in [0.3, 0.4) is 0 Å². The Labute approximate surface area is 103 Å². The lowest BCUT2D eigenvalue weighted by Gasteiger charge is -2.01. The van der Waals surface area contributed by atoms with Crippen LogP contribution in [0.5, 0.6) is 0 Å². The Morgan fingerprint density at radius 1 is 1.17 bits per heavy atom. The van der Waals surface area contributed by atoms with Gasteiger partial charge in [-0.1, -0.05) is 0 Å². The fourth-order valence-electron chi connectivity index (χ4n) is 1.89. The smallest absolute Gasteiger partial charge is 0.166 e. The van der Waals surface area contributed by atoms with Crippen LogP contribution in [-0.4, -0.2) is 14.4 Å². The first-order valence-corrected chi connectivity index (χ1v) is 5.37. The minimum Gasteiger partial charge on any atom is -0.398 e. The predicted octanol–water partition coefficient (Wildman–Crippen LogP) is 1.85. The van der Waals surface area contributed by atoms with Crippen molar-refractivity contribution in [1.82, 2.24) is 14.4 Å². The van der Waals surface area contributed by atoms with E-state index in [9.17, 15) is 0 Å². The topological polar surface area (TPSA) is 80.0 Å². The summed E-state index contributed by atoms with van der Waals surface area (Å²) in [6.45, 7) is 0. The lowest BCUT2D eigenvalue weighted by Crippen LogP contribution is -1.92. The van der Waals surface area contributed by atoms with Gasteiger partial charge in [-0.05, 0) is 24.3 Å². The molecule has 0 atom stereocenters. The Morgan fingerprint density at radius 3 is 2.67 bits per heavy atom. The van der Waals surface area contributed by atoms with Gasteiger partial charge in [0.05, 0.1) is 5.52 Å². The Hall–Kier alpha value is -2.87. The van der Waals surface area contributed by atoms with Crippen molar-refractivity contribution >= 4 is 11.2 Å². The molecule has 5 nitrogen and oxygen atoms in total. The molecule has 86 valence electrons. The van der Waals surface area contributed by atoms with Gasteiger partial charge in [-0.3, -0.25) is 9.38 Å². The summed E-state index contributed by atoms with van der Waals surface area (Å²) < 4.78 is 1.82. The minimum absolute atomic E-state index is 0.391. The molecule has 0 spiro atoms. The van der Waals surface area contributed by atoms with Crippen molar-refractivity contribution in [3.63, 3.8) is 0 Å². The highest BCUT2D eigenvalue weighted by atomic mass is 15.0. The number of pyridine rings is 2. The third kappa shape index (κ3) is 1.48. The molecule has 0 bridgehead atoms. The summed E-state index contributed by atoms with van der Waals surface area (Å²) in [6.07, 6.45) is 5.14. The van der Waals surface area contributed by atoms with Crippen LogP contribution < -0.4 is 5.73 Å². The first-order valence-electron chi connectivity index (χ1n) is 5.37. The van der Waals surface area contributed by atoms with Crippen LogP contribution in [0.15, 0.2) is 42.9 Å². The van der Waals surface area contributed by atoms with Crippen LogP contribution in [0.1, 0.15) is 5.69 Å². The van der Waals surface area contributed by atoms with E-state index in [-0.39, 0.29) is 0 Å². The highest BCUT2D eigenvalue weighted by Gasteiger charge is 2.12. The summed E-state index contributed by atoms with van der Waals surface area (Å²) in [5.41, 5.74) is 8.44. The highest BCUT2D eigenvalue weighted by Crippen LogP contribution is 2.23. The van der Waals surface area contributed by atoms with E-state index in [1.165, 1.54) is 0 Å². The van der Waals surface area contributed by atoms with E-state index >= 15 is 0 Å². The second-order valence-electron chi connectivity index (χ2n) is 3.85. The summed E-state index contributed by atoms with van der Waals surface area (Å²) >= 11 is 0. The molecule has 2 N–H and O–H groups in total. The molecule has 3 aromatic rings. The predicted molar refractivity (Wildman–Crippen MR) is 67.6 cm³/mol. The molecule has 0 saturated heterocycles. The normalized spacial score (nSPS) is 10.4. The fraction of sp³-hybridized carbons (Fsp3) is 0. The van der Waals surface area contributed by atoms with Gasteiger partial charge in [0.1, 0.15) is 11.9 Å². The van der Waals surface area contributed by atoms with E-state index in [2.05, 4.69) is 16.0 Å². The molecule has 3 heterocycles. The van der Waals surface area contributed by atoms with Gasteiger partial charge in [-0.25, -0.2) is 4.98 Å². The number of hydrogen-bond acceptors (Lipinski definition) is 4. The molecule has 0 unspecified atom stereocenters. The average molecular weight is 235 g/mol. The highest BCUT2D eigenvalue weighted by molar-refractivity contribution is 5.69. The molecule has 18 heavy (non-hydrogen) atoms. The van der Waals surface area contributed by atoms with Crippen LogP contribution in [0.2, 0.25) is 0 Å². The summed E-state index contributed by atoms with van der Waals surface area (Å²) in [4.78, 5) is 8.31. The molecular weight excluding hydrogens is 226 g/mol.